The molecule has 4 N–H and O–H groups in total. The zero-order valence-corrected chi connectivity index (χ0v) is 18.6. The Morgan fingerprint density at radius 2 is 1.84 bits per heavy atom. The molecule has 4 heterocycles. The molecule has 0 atom stereocenters. The third kappa shape index (κ3) is 4.33. The van der Waals surface area contributed by atoms with E-state index < -0.39 is 11.5 Å². The van der Waals surface area contributed by atoms with Gasteiger partial charge in [0.15, 0.2) is 0 Å². The van der Waals surface area contributed by atoms with Gasteiger partial charge in [-0.3, -0.25) is 14.5 Å². The lowest BCUT2D eigenvalue weighted by Crippen LogP contribution is -2.63. The molecule has 170 valence electrons. The highest BCUT2D eigenvalue weighted by Gasteiger charge is 2.45. The maximum Gasteiger partial charge on any atom is 0.339 e. The number of anilines is 2. The van der Waals surface area contributed by atoms with E-state index in [1.807, 2.05) is 4.90 Å². The lowest BCUT2D eigenvalue weighted by molar-refractivity contribution is -0.132. The first-order valence-corrected chi connectivity index (χ1v) is 11.7. The number of nitrogens with two attached hydrogens (primary N) is 1. The Hall–Kier alpha value is -2.98. The van der Waals surface area contributed by atoms with E-state index in [1.54, 1.807) is 17.5 Å². The molecule has 2 fully saturated rings. The van der Waals surface area contributed by atoms with Gasteiger partial charge in [0, 0.05) is 13.1 Å². The molecule has 0 spiro atoms. The van der Waals surface area contributed by atoms with Crippen LogP contribution >= 0.6 is 11.3 Å². The zero-order valence-electron chi connectivity index (χ0n) is 17.7. The highest BCUT2D eigenvalue weighted by molar-refractivity contribution is 7.12. The average molecular weight is 458 g/mol. The third-order valence-corrected chi connectivity index (χ3v) is 7.28. The van der Waals surface area contributed by atoms with Gasteiger partial charge in [0.1, 0.15) is 16.9 Å². The number of aromatic nitrogens is 1. The lowest BCUT2D eigenvalue weighted by Gasteiger charge is -2.48. The number of primary amides is 1. The van der Waals surface area contributed by atoms with E-state index in [9.17, 15) is 19.5 Å². The normalized spacial score (nSPS) is 18.8. The number of hydrogen-bond donors (Lipinski definition) is 3. The molecule has 2 aliphatic heterocycles. The summed E-state index contributed by atoms with van der Waals surface area (Å²) in [5, 5.41) is 14.3. The zero-order chi connectivity index (χ0) is 22.7. The molecule has 9 nitrogen and oxygen atoms in total. The van der Waals surface area contributed by atoms with E-state index in [0.29, 0.717) is 42.3 Å². The molecule has 0 radical (unpaired) electrons. The van der Waals surface area contributed by atoms with Crippen molar-refractivity contribution in [3.8, 4) is 0 Å². The van der Waals surface area contributed by atoms with Crippen molar-refractivity contribution >= 4 is 40.6 Å². The summed E-state index contributed by atoms with van der Waals surface area (Å²) in [5.41, 5.74) is 5.50. The van der Waals surface area contributed by atoms with Crippen LogP contribution in [0.15, 0.2) is 29.8 Å². The van der Waals surface area contributed by atoms with Gasteiger partial charge >= 0.3 is 5.97 Å². The van der Waals surface area contributed by atoms with Crippen LogP contribution in [0.25, 0.3) is 0 Å². The van der Waals surface area contributed by atoms with Crippen molar-refractivity contribution in [3.63, 3.8) is 0 Å². The first kappa shape index (κ1) is 22.2. The minimum Gasteiger partial charge on any atom is -0.478 e. The summed E-state index contributed by atoms with van der Waals surface area (Å²) in [6, 6.07) is 4.90. The highest BCUT2D eigenvalue weighted by Crippen LogP contribution is 2.34. The molecule has 0 aliphatic carbocycles. The Morgan fingerprint density at radius 1 is 1.12 bits per heavy atom. The molecule has 32 heavy (non-hydrogen) atoms. The monoisotopic (exact) mass is 457 g/mol. The van der Waals surface area contributed by atoms with Crippen molar-refractivity contribution in [3.05, 3.63) is 40.2 Å². The number of carboxylic acid groups (broad SMARTS) is 1. The summed E-state index contributed by atoms with van der Waals surface area (Å²) in [5.74, 6) is -1.40. The van der Waals surface area contributed by atoms with Crippen LogP contribution in [-0.4, -0.2) is 64.5 Å². The number of amides is 2. The fraction of sp³-hybridized carbons (Fsp3) is 0.455. The van der Waals surface area contributed by atoms with Crippen molar-refractivity contribution in [2.45, 2.75) is 37.6 Å². The van der Waals surface area contributed by atoms with Gasteiger partial charge in [0.05, 0.1) is 16.8 Å². The predicted octanol–water partition coefficient (Wildman–Crippen LogP) is 2.40. The number of carbonyl (C=O) groups excluding carboxylic acids is 2. The second-order valence-electron chi connectivity index (χ2n) is 8.26. The van der Waals surface area contributed by atoms with Gasteiger partial charge < -0.3 is 21.1 Å². The van der Waals surface area contributed by atoms with Gasteiger partial charge in [-0.1, -0.05) is 12.5 Å². The number of piperidine rings is 2. The predicted molar refractivity (Wildman–Crippen MR) is 122 cm³/mol. The van der Waals surface area contributed by atoms with E-state index in [0.717, 1.165) is 25.9 Å². The Bertz CT molecular complexity index is 996. The molecule has 0 saturated carbocycles. The van der Waals surface area contributed by atoms with Crippen molar-refractivity contribution in [1.82, 2.24) is 9.88 Å². The Balaban J connectivity index is 1.51. The number of rotatable bonds is 6. The van der Waals surface area contributed by atoms with Crippen LogP contribution < -0.4 is 16.0 Å². The molecule has 2 aromatic heterocycles. The second kappa shape index (κ2) is 9.25. The smallest absolute Gasteiger partial charge is 0.339 e. The van der Waals surface area contributed by atoms with E-state index in [-0.39, 0.29) is 17.4 Å². The molecule has 2 amide bonds. The van der Waals surface area contributed by atoms with Crippen LogP contribution in [0.4, 0.5) is 11.5 Å². The van der Waals surface area contributed by atoms with Gasteiger partial charge in [-0.25, -0.2) is 9.78 Å². The topological polar surface area (TPSA) is 129 Å². The first-order valence-electron chi connectivity index (χ1n) is 10.8. The second-order valence-corrected chi connectivity index (χ2v) is 9.21. The van der Waals surface area contributed by atoms with Crippen LogP contribution in [0, 0.1) is 0 Å². The standard InChI is InChI=1S/C22H27N5O4S/c23-21(31)22(27-8-2-1-3-9-27)6-10-26(11-7-22)18-16(20(29)30)13-15(14-24-18)25-19(28)17-5-4-12-32-17/h4-5,12-14H,1-3,6-11H2,(H2,23,31)(H,25,28)(H,29,30). The molecule has 0 unspecified atom stereocenters. The van der Waals surface area contributed by atoms with Crippen LogP contribution in [-0.2, 0) is 4.79 Å². The van der Waals surface area contributed by atoms with Gasteiger partial charge in [-0.2, -0.15) is 0 Å². The third-order valence-electron chi connectivity index (χ3n) is 6.41. The maximum absolute atomic E-state index is 12.5. The lowest BCUT2D eigenvalue weighted by atomic mass is 9.83. The summed E-state index contributed by atoms with van der Waals surface area (Å²) in [6.45, 7) is 2.68. The Labute approximate surface area is 190 Å². The number of hydrogen-bond acceptors (Lipinski definition) is 7. The van der Waals surface area contributed by atoms with E-state index >= 15 is 0 Å². The summed E-state index contributed by atoms with van der Waals surface area (Å²) in [4.78, 5) is 45.7. The van der Waals surface area contributed by atoms with Crippen LogP contribution in [0.3, 0.4) is 0 Å². The van der Waals surface area contributed by atoms with Gasteiger partial charge in [0.2, 0.25) is 5.91 Å². The Kier molecular flexibility index (Phi) is 6.43. The SMILES string of the molecule is NC(=O)C1(N2CCCCC2)CCN(c2ncc(NC(=O)c3cccs3)cc2C(=O)O)CC1. The number of pyridine rings is 1. The van der Waals surface area contributed by atoms with Crippen LogP contribution in [0.2, 0.25) is 0 Å². The van der Waals surface area contributed by atoms with Crippen LogP contribution in [0.5, 0.6) is 0 Å². The Morgan fingerprint density at radius 3 is 2.44 bits per heavy atom. The summed E-state index contributed by atoms with van der Waals surface area (Å²) in [7, 11) is 0. The number of nitrogens with zero attached hydrogens (tertiary/aromatic N) is 3. The maximum atomic E-state index is 12.5. The summed E-state index contributed by atoms with van der Waals surface area (Å²) in [6.07, 6.45) is 5.80. The molecule has 10 heteroatoms. The van der Waals surface area contributed by atoms with E-state index in [2.05, 4.69) is 15.2 Å². The number of nitrogens with one attached hydrogen (secondary N) is 1. The molecule has 4 rings (SSSR count). The molecule has 2 aliphatic rings. The molecular weight excluding hydrogens is 430 g/mol. The van der Waals surface area contributed by atoms with Crippen LogP contribution in [0.1, 0.15) is 52.1 Å². The molecular formula is C22H27N5O4S. The highest BCUT2D eigenvalue weighted by atomic mass is 32.1. The van der Waals surface area contributed by atoms with Gasteiger partial charge in [-0.15, -0.1) is 11.3 Å². The number of thiophene rings is 1. The van der Waals surface area contributed by atoms with E-state index in [1.165, 1.54) is 30.0 Å². The molecule has 0 bridgehead atoms. The largest absolute Gasteiger partial charge is 0.478 e. The van der Waals surface area contributed by atoms with Crippen molar-refractivity contribution in [1.29, 1.82) is 0 Å². The first-order chi connectivity index (χ1) is 15.4. The number of carbonyl (C=O) groups is 3. The average Bonchev–Trinajstić information content (AvgIpc) is 3.35. The molecule has 2 aromatic rings. The van der Waals surface area contributed by atoms with E-state index in [4.69, 9.17) is 5.73 Å². The van der Waals surface area contributed by atoms with Gasteiger partial charge in [0.25, 0.3) is 5.91 Å². The molecule has 2 saturated heterocycles. The quantitative estimate of drug-likeness (QED) is 0.607. The molecule has 0 aromatic carbocycles. The van der Waals surface area contributed by atoms with Crippen molar-refractivity contribution < 1.29 is 19.5 Å². The fourth-order valence-electron chi connectivity index (χ4n) is 4.66. The summed E-state index contributed by atoms with van der Waals surface area (Å²) < 4.78 is 0. The summed E-state index contributed by atoms with van der Waals surface area (Å²) >= 11 is 1.30. The van der Waals surface area contributed by atoms with Gasteiger partial charge in [-0.05, 0) is 56.3 Å². The minimum absolute atomic E-state index is 0.0125. The minimum atomic E-state index is -1.12. The number of likely N-dealkylation sites (tertiary alicyclic amines) is 1. The van der Waals surface area contributed by atoms with Crippen molar-refractivity contribution in [2.24, 2.45) is 5.73 Å². The number of carboxylic acids is 1. The fourth-order valence-corrected chi connectivity index (χ4v) is 5.28. The number of aromatic carboxylic acids is 1. The van der Waals surface area contributed by atoms with Crippen molar-refractivity contribution in [2.75, 3.05) is 36.4 Å².